The molecule has 2 aromatic heterocycles. The Kier molecular flexibility index (Phi) is 10.9. The van der Waals surface area contributed by atoms with E-state index >= 15 is 0 Å². The third kappa shape index (κ3) is 8.57. The Balaban J connectivity index is 1.30. The molecule has 9 nitrogen and oxygen atoms in total. The summed E-state index contributed by atoms with van der Waals surface area (Å²) in [6, 6.07) is 16.7. The summed E-state index contributed by atoms with van der Waals surface area (Å²) >= 11 is 0. The Morgan fingerprint density at radius 2 is 1.14 bits per heavy atom. The lowest BCUT2D eigenvalue weighted by Gasteiger charge is -2.36. The number of imidazole rings is 2. The number of hydrogen-bond donors (Lipinski definition) is 3. The molecule has 0 aliphatic heterocycles. The Labute approximate surface area is 305 Å². The first kappa shape index (κ1) is 37.8. The van der Waals surface area contributed by atoms with Crippen LogP contribution in [0, 0.1) is 22.2 Å². The second-order valence-electron chi connectivity index (χ2n) is 17.5. The average Bonchev–Trinajstić information content (AvgIpc) is 3.85. The molecule has 5 rings (SSSR count). The van der Waals surface area contributed by atoms with Gasteiger partial charge in [0.15, 0.2) is 5.96 Å². The van der Waals surface area contributed by atoms with Gasteiger partial charge in [0.2, 0.25) is 5.91 Å². The molecule has 1 fully saturated rings. The minimum Gasteiger partial charge on any atom is -0.349 e. The zero-order valence-electron chi connectivity index (χ0n) is 33.0. The highest BCUT2D eigenvalue weighted by Crippen LogP contribution is 2.42. The van der Waals surface area contributed by atoms with Gasteiger partial charge in [-0.2, -0.15) is 0 Å². The number of hydrogen-bond acceptors (Lipinski definition) is 4. The maximum absolute atomic E-state index is 13.6. The number of benzene rings is 2. The van der Waals surface area contributed by atoms with Crippen LogP contribution < -0.4 is 5.32 Å². The molecule has 9 heteroatoms. The number of nitrogens with zero attached hydrogens (tertiary/aromatic N) is 5. The summed E-state index contributed by atoms with van der Waals surface area (Å²) in [7, 11) is 8.05. The van der Waals surface area contributed by atoms with E-state index in [-0.39, 0.29) is 28.8 Å². The molecular weight excluding hydrogens is 633 g/mol. The minimum atomic E-state index is -0.406. The number of amides is 1. The van der Waals surface area contributed by atoms with E-state index in [2.05, 4.69) is 119 Å². The minimum absolute atomic E-state index is 0.109. The van der Waals surface area contributed by atoms with Gasteiger partial charge in [-0.3, -0.25) is 4.79 Å². The first-order chi connectivity index (χ1) is 23.9. The van der Waals surface area contributed by atoms with Gasteiger partial charge >= 0.3 is 0 Å². The van der Waals surface area contributed by atoms with E-state index in [9.17, 15) is 4.79 Å². The first-order valence-corrected chi connectivity index (χ1v) is 18.4. The highest BCUT2D eigenvalue weighted by molar-refractivity contribution is 5.82. The normalized spacial score (nSPS) is 15.4. The molecule has 1 aliphatic rings. The van der Waals surface area contributed by atoms with Crippen molar-refractivity contribution < 1.29 is 4.79 Å². The number of carbonyl (C=O) groups is 1. The largest absolute Gasteiger partial charge is 0.349 e. The van der Waals surface area contributed by atoms with E-state index in [1.807, 2.05) is 50.4 Å². The van der Waals surface area contributed by atoms with Crippen LogP contribution in [0.25, 0.3) is 33.6 Å². The number of carbonyl (C=O) groups excluding carboxylic acids is 1. The Hall–Kier alpha value is -4.40. The van der Waals surface area contributed by atoms with Crippen molar-refractivity contribution >= 4 is 11.9 Å². The molecule has 4 aromatic rings. The summed E-state index contributed by atoms with van der Waals surface area (Å²) in [5.41, 5.74) is 5.54. The topological polar surface area (TPSA) is 105 Å². The van der Waals surface area contributed by atoms with Gasteiger partial charge in [-0.05, 0) is 51.8 Å². The van der Waals surface area contributed by atoms with Crippen LogP contribution >= 0.6 is 0 Å². The fourth-order valence-electron chi connectivity index (χ4n) is 7.19. The molecule has 1 amide bonds. The standard InChI is InChI=1S/C42H60N8O/c1-40(2,3)34(47-38(51)42(7,8)31-15-13-14-16-31)36-43-25-32(45-36)29-21-17-27(18-22-29)28-19-23-30(24-20-28)33-26-44-37(46-33)35(41(4,5)6)48-39(49(9)10)50(11)12/h17-26,31,34-35H,13-16H2,1-12H3,(H,43,45)(H,44,46)(H,47,51)/t34-,35-/m1/s1. The van der Waals surface area contributed by atoms with E-state index in [1.165, 1.54) is 12.8 Å². The summed E-state index contributed by atoms with van der Waals surface area (Å²) in [4.78, 5) is 39.5. The van der Waals surface area contributed by atoms with Gasteiger partial charge in [-0.1, -0.05) is 117 Å². The zero-order chi connectivity index (χ0) is 37.3. The summed E-state index contributed by atoms with van der Waals surface area (Å²) in [6.07, 6.45) is 8.46. The zero-order valence-corrected chi connectivity index (χ0v) is 33.0. The molecule has 1 saturated carbocycles. The molecule has 2 heterocycles. The molecule has 274 valence electrons. The molecule has 2 aromatic carbocycles. The summed E-state index contributed by atoms with van der Waals surface area (Å²) in [5.74, 6) is 3.07. The number of nitrogens with one attached hydrogen (secondary N) is 3. The maximum Gasteiger partial charge on any atom is 0.226 e. The summed E-state index contributed by atoms with van der Waals surface area (Å²) in [5, 5.41) is 3.38. The van der Waals surface area contributed by atoms with Gasteiger partial charge in [-0.15, -0.1) is 0 Å². The van der Waals surface area contributed by atoms with Crippen LogP contribution in [-0.4, -0.2) is 69.8 Å². The van der Waals surface area contributed by atoms with Crippen LogP contribution in [0.4, 0.5) is 0 Å². The lowest BCUT2D eigenvalue weighted by Crippen LogP contribution is -2.46. The van der Waals surface area contributed by atoms with Gasteiger partial charge in [0.1, 0.15) is 17.7 Å². The Morgan fingerprint density at radius 1 is 0.706 bits per heavy atom. The molecular formula is C42H60N8O. The molecule has 1 aliphatic carbocycles. The number of H-pyrrole nitrogens is 2. The van der Waals surface area contributed by atoms with E-state index in [0.717, 1.165) is 64.1 Å². The number of aromatic nitrogens is 4. The highest BCUT2D eigenvalue weighted by atomic mass is 16.2. The Morgan fingerprint density at radius 3 is 1.57 bits per heavy atom. The van der Waals surface area contributed by atoms with Gasteiger partial charge in [0.05, 0.1) is 29.8 Å². The predicted octanol–water partition coefficient (Wildman–Crippen LogP) is 9.12. The van der Waals surface area contributed by atoms with E-state index < -0.39 is 5.41 Å². The average molecular weight is 693 g/mol. The summed E-state index contributed by atoms with van der Waals surface area (Å²) < 4.78 is 0. The second kappa shape index (κ2) is 14.7. The molecule has 3 N–H and O–H groups in total. The van der Waals surface area contributed by atoms with Crippen molar-refractivity contribution in [3.8, 4) is 33.6 Å². The van der Waals surface area contributed by atoms with Crippen molar-refractivity contribution in [1.82, 2.24) is 35.1 Å². The van der Waals surface area contributed by atoms with Crippen LogP contribution in [0.5, 0.6) is 0 Å². The molecule has 2 atom stereocenters. The van der Waals surface area contributed by atoms with E-state index in [4.69, 9.17) is 15.0 Å². The third-order valence-electron chi connectivity index (χ3n) is 10.4. The van der Waals surface area contributed by atoms with Crippen LogP contribution in [0.1, 0.15) is 105 Å². The van der Waals surface area contributed by atoms with Crippen molar-refractivity contribution in [2.75, 3.05) is 28.2 Å². The molecule has 0 unspecified atom stereocenters. The Bertz CT molecular complexity index is 1780. The first-order valence-electron chi connectivity index (χ1n) is 18.4. The molecule has 0 spiro atoms. The van der Waals surface area contributed by atoms with Crippen LogP contribution in [0.3, 0.4) is 0 Å². The quantitative estimate of drug-likeness (QED) is 0.120. The maximum atomic E-state index is 13.6. The SMILES string of the molecule is CN(C)C(=N[C@H](c1ncc(-c2ccc(-c3ccc(-c4cnc([C@@H](NC(=O)C(C)(C)C5CCCC5)C(C)(C)C)[nH]4)cc3)cc2)[nH]1)C(C)(C)C)N(C)C. The van der Waals surface area contributed by atoms with Crippen molar-refractivity contribution in [2.45, 2.75) is 93.2 Å². The van der Waals surface area contributed by atoms with Crippen molar-refractivity contribution in [3.63, 3.8) is 0 Å². The fourth-order valence-corrected chi connectivity index (χ4v) is 7.19. The second-order valence-corrected chi connectivity index (χ2v) is 17.5. The van der Waals surface area contributed by atoms with E-state index in [1.54, 1.807) is 0 Å². The lowest BCUT2D eigenvalue weighted by atomic mass is 9.76. The van der Waals surface area contributed by atoms with Crippen LogP contribution in [0.15, 0.2) is 65.9 Å². The number of rotatable bonds is 9. The lowest BCUT2D eigenvalue weighted by molar-refractivity contribution is -0.133. The molecule has 0 bridgehead atoms. The van der Waals surface area contributed by atoms with Crippen molar-refractivity contribution in [1.29, 1.82) is 0 Å². The summed E-state index contributed by atoms with van der Waals surface area (Å²) in [6.45, 7) is 17.2. The predicted molar refractivity (Wildman–Crippen MR) is 210 cm³/mol. The van der Waals surface area contributed by atoms with Crippen LogP contribution in [-0.2, 0) is 4.79 Å². The fraction of sp³-hybridized carbons (Fsp3) is 0.524. The molecule has 0 saturated heterocycles. The van der Waals surface area contributed by atoms with Gasteiger partial charge in [0, 0.05) is 33.6 Å². The third-order valence-corrected chi connectivity index (χ3v) is 10.4. The van der Waals surface area contributed by atoms with Crippen molar-refractivity contribution in [2.24, 2.45) is 27.2 Å². The van der Waals surface area contributed by atoms with Crippen molar-refractivity contribution in [3.05, 3.63) is 72.6 Å². The monoisotopic (exact) mass is 692 g/mol. The number of aromatic amines is 2. The highest BCUT2D eigenvalue weighted by Gasteiger charge is 2.41. The number of guanidine groups is 1. The smallest absolute Gasteiger partial charge is 0.226 e. The van der Waals surface area contributed by atoms with Gasteiger partial charge < -0.3 is 25.1 Å². The van der Waals surface area contributed by atoms with Crippen LogP contribution in [0.2, 0.25) is 0 Å². The van der Waals surface area contributed by atoms with Gasteiger partial charge in [-0.25, -0.2) is 15.0 Å². The van der Waals surface area contributed by atoms with Gasteiger partial charge in [0.25, 0.3) is 0 Å². The molecule has 51 heavy (non-hydrogen) atoms. The van der Waals surface area contributed by atoms with E-state index in [0.29, 0.717) is 5.92 Å². The molecule has 0 radical (unpaired) electrons. The number of aliphatic imine (C=N–C) groups is 1.